The molecule has 0 radical (unpaired) electrons. The van der Waals surface area contributed by atoms with E-state index in [4.69, 9.17) is 0 Å². The first-order chi connectivity index (χ1) is 13.3. The third-order valence-electron chi connectivity index (χ3n) is 4.70. The number of anilines is 1. The molecule has 3 aromatic rings. The highest BCUT2D eigenvalue weighted by Gasteiger charge is 2.15. The molecule has 144 valence electrons. The smallest absolute Gasteiger partial charge is 0.261 e. The van der Waals surface area contributed by atoms with Crippen molar-refractivity contribution in [1.29, 1.82) is 0 Å². The van der Waals surface area contributed by atoms with Crippen molar-refractivity contribution in [3.63, 3.8) is 0 Å². The number of nitrogens with one attached hydrogen (secondary N) is 1. The van der Waals surface area contributed by atoms with Crippen LogP contribution in [-0.4, -0.2) is 8.42 Å². The molecular formula is C24H25NO2S. The standard InChI is InChI=1S/C24H25NO2S/c1-17-9-12-22(13-10-17)28(26,27)25-24-8-6-5-7-21(24)11-14-23-19(3)15-18(2)16-20(23)4/h5-16,25H,1-4H3/b14-11+. The van der Waals surface area contributed by atoms with E-state index in [-0.39, 0.29) is 4.90 Å². The van der Waals surface area contributed by atoms with Crippen LogP contribution < -0.4 is 4.72 Å². The van der Waals surface area contributed by atoms with Crippen LogP contribution in [0.25, 0.3) is 12.2 Å². The van der Waals surface area contributed by atoms with E-state index in [1.165, 1.54) is 16.7 Å². The van der Waals surface area contributed by atoms with Crippen LogP contribution in [0.15, 0.2) is 65.6 Å². The van der Waals surface area contributed by atoms with Crippen molar-refractivity contribution in [2.24, 2.45) is 0 Å². The highest BCUT2D eigenvalue weighted by molar-refractivity contribution is 7.92. The van der Waals surface area contributed by atoms with Gasteiger partial charge in [0.2, 0.25) is 0 Å². The van der Waals surface area contributed by atoms with Gasteiger partial charge in [0, 0.05) is 0 Å². The average molecular weight is 392 g/mol. The zero-order valence-electron chi connectivity index (χ0n) is 16.7. The Morgan fingerprint density at radius 3 is 2.00 bits per heavy atom. The molecule has 3 aromatic carbocycles. The third kappa shape index (κ3) is 4.52. The first-order valence-electron chi connectivity index (χ1n) is 9.21. The molecule has 0 aliphatic heterocycles. The number of para-hydroxylation sites is 1. The van der Waals surface area contributed by atoms with Gasteiger partial charge in [0.1, 0.15) is 0 Å². The number of aryl methyl sites for hydroxylation is 4. The summed E-state index contributed by atoms with van der Waals surface area (Å²) in [5.74, 6) is 0. The van der Waals surface area contributed by atoms with Crippen LogP contribution >= 0.6 is 0 Å². The van der Waals surface area contributed by atoms with Gasteiger partial charge in [-0.05, 0) is 68.1 Å². The lowest BCUT2D eigenvalue weighted by atomic mass is 9.99. The van der Waals surface area contributed by atoms with Crippen molar-refractivity contribution in [3.8, 4) is 0 Å². The fourth-order valence-electron chi connectivity index (χ4n) is 3.28. The molecule has 0 saturated heterocycles. The van der Waals surface area contributed by atoms with Crippen molar-refractivity contribution in [3.05, 3.63) is 94.0 Å². The van der Waals surface area contributed by atoms with Crippen molar-refractivity contribution in [2.75, 3.05) is 4.72 Å². The van der Waals surface area contributed by atoms with E-state index in [0.717, 1.165) is 16.7 Å². The Balaban J connectivity index is 1.93. The summed E-state index contributed by atoms with van der Waals surface area (Å²) >= 11 is 0. The molecule has 0 amide bonds. The summed E-state index contributed by atoms with van der Waals surface area (Å²) < 4.78 is 28.2. The average Bonchev–Trinajstić information content (AvgIpc) is 2.62. The number of hydrogen-bond donors (Lipinski definition) is 1. The van der Waals surface area contributed by atoms with Crippen LogP contribution in [0.4, 0.5) is 5.69 Å². The molecule has 0 atom stereocenters. The molecule has 3 rings (SSSR count). The van der Waals surface area contributed by atoms with Crippen LogP contribution in [0.2, 0.25) is 0 Å². The Labute approximate surface area is 167 Å². The molecular weight excluding hydrogens is 366 g/mol. The number of sulfonamides is 1. The Bertz CT molecular complexity index is 1100. The van der Waals surface area contributed by atoms with Crippen molar-refractivity contribution >= 4 is 27.9 Å². The first kappa shape index (κ1) is 19.9. The molecule has 0 unspecified atom stereocenters. The van der Waals surface area contributed by atoms with Gasteiger partial charge in [-0.2, -0.15) is 0 Å². The monoisotopic (exact) mass is 391 g/mol. The summed E-state index contributed by atoms with van der Waals surface area (Å²) in [6.07, 6.45) is 4.00. The zero-order valence-corrected chi connectivity index (χ0v) is 17.5. The first-order valence-corrected chi connectivity index (χ1v) is 10.7. The molecule has 4 heteroatoms. The lowest BCUT2D eigenvalue weighted by Crippen LogP contribution is -2.13. The molecule has 0 heterocycles. The van der Waals surface area contributed by atoms with Crippen molar-refractivity contribution in [1.82, 2.24) is 0 Å². The minimum Gasteiger partial charge on any atom is -0.279 e. The maximum Gasteiger partial charge on any atom is 0.261 e. The molecule has 28 heavy (non-hydrogen) atoms. The minimum atomic E-state index is -3.64. The second kappa shape index (κ2) is 8.03. The van der Waals surface area contributed by atoms with Gasteiger partial charge in [0.15, 0.2) is 0 Å². The normalized spacial score (nSPS) is 11.7. The minimum absolute atomic E-state index is 0.252. The van der Waals surface area contributed by atoms with Gasteiger partial charge >= 0.3 is 0 Å². The predicted octanol–water partition coefficient (Wildman–Crippen LogP) is 5.89. The van der Waals surface area contributed by atoms with E-state index in [1.54, 1.807) is 30.3 Å². The van der Waals surface area contributed by atoms with E-state index in [2.05, 4.69) is 37.6 Å². The lowest BCUT2D eigenvalue weighted by molar-refractivity contribution is 0.601. The third-order valence-corrected chi connectivity index (χ3v) is 6.09. The van der Waals surface area contributed by atoms with Crippen LogP contribution in [0.3, 0.4) is 0 Å². The molecule has 0 spiro atoms. The molecule has 1 N–H and O–H groups in total. The maximum atomic E-state index is 12.7. The summed E-state index contributed by atoms with van der Waals surface area (Å²) in [7, 11) is -3.64. The van der Waals surface area contributed by atoms with Gasteiger partial charge in [-0.1, -0.05) is 65.7 Å². The summed E-state index contributed by atoms with van der Waals surface area (Å²) in [5, 5.41) is 0. The van der Waals surface area contributed by atoms with E-state index < -0.39 is 10.0 Å². The Morgan fingerprint density at radius 1 is 0.750 bits per heavy atom. The Hall–Kier alpha value is -2.85. The van der Waals surface area contributed by atoms with Crippen LogP contribution in [0, 0.1) is 27.7 Å². The molecule has 0 saturated carbocycles. The van der Waals surface area contributed by atoms with Gasteiger partial charge in [0.25, 0.3) is 10.0 Å². The summed E-state index contributed by atoms with van der Waals surface area (Å²) in [5.41, 5.74) is 7.18. The second-order valence-electron chi connectivity index (χ2n) is 7.15. The molecule has 0 aliphatic carbocycles. The number of rotatable bonds is 5. The molecule has 0 aromatic heterocycles. The fraction of sp³-hybridized carbons (Fsp3) is 0.167. The van der Waals surface area contributed by atoms with E-state index in [9.17, 15) is 8.42 Å². The quantitative estimate of drug-likeness (QED) is 0.551. The van der Waals surface area contributed by atoms with Crippen LogP contribution in [0.1, 0.15) is 33.4 Å². The summed E-state index contributed by atoms with van der Waals surface area (Å²) in [6.45, 7) is 8.19. The zero-order chi connectivity index (χ0) is 20.3. The molecule has 0 bridgehead atoms. The van der Waals surface area contributed by atoms with Crippen LogP contribution in [-0.2, 0) is 10.0 Å². The van der Waals surface area contributed by atoms with E-state index in [0.29, 0.717) is 5.69 Å². The van der Waals surface area contributed by atoms with Gasteiger partial charge in [0.05, 0.1) is 10.6 Å². The van der Waals surface area contributed by atoms with Crippen molar-refractivity contribution in [2.45, 2.75) is 32.6 Å². The molecule has 0 fully saturated rings. The van der Waals surface area contributed by atoms with E-state index >= 15 is 0 Å². The topological polar surface area (TPSA) is 46.2 Å². The molecule has 3 nitrogen and oxygen atoms in total. The summed E-state index contributed by atoms with van der Waals surface area (Å²) in [4.78, 5) is 0.252. The van der Waals surface area contributed by atoms with Gasteiger partial charge in [-0.15, -0.1) is 0 Å². The Morgan fingerprint density at radius 2 is 1.36 bits per heavy atom. The lowest BCUT2D eigenvalue weighted by Gasteiger charge is -2.12. The predicted molar refractivity (Wildman–Crippen MR) is 118 cm³/mol. The van der Waals surface area contributed by atoms with Crippen molar-refractivity contribution < 1.29 is 8.42 Å². The van der Waals surface area contributed by atoms with Gasteiger partial charge in [-0.3, -0.25) is 4.72 Å². The van der Waals surface area contributed by atoms with E-state index in [1.807, 2.05) is 37.3 Å². The van der Waals surface area contributed by atoms with Gasteiger partial charge < -0.3 is 0 Å². The molecule has 0 aliphatic rings. The van der Waals surface area contributed by atoms with Crippen LogP contribution in [0.5, 0.6) is 0 Å². The highest BCUT2D eigenvalue weighted by atomic mass is 32.2. The maximum absolute atomic E-state index is 12.7. The number of benzene rings is 3. The van der Waals surface area contributed by atoms with Gasteiger partial charge in [-0.25, -0.2) is 8.42 Å². The Kier molecular flexibility index (Phi) is 5.71. The summed E-state index contributed by atoms with van der Waals surface area (Å²) in [6, 6.07) is 18.5. The largest absolute Gasteiger partial charge is 0.279 e. The second-order valence-corrected chi connectivity index (χ2v) is 8.83. The highest BCUT2D eigenvalue weighted by Crippen LogP contribution is 2.24. The fourth-order valence-corrected chi connectivity index (χ4v) is 4.37. The number of hydrogen-bond acceptors (Lipinski definition) is 2. The SMILES string of the molecule is Cc1ccc(S(=O)(=O)Nc2ccccc2/C=C/c2c(C)cc(C)cc2C)cc1.